The van der Waals surface area contributed by atoms with E-state index in [9.17, 15) is 4.79 Å². The maximum absolute atomic E-state index is 11.0. The number of carboxylic acids is 1. The van der Waals surface area contributed by atoms with Gasteiger partial charge < -0.3 is 19.7 Å². The zero-order chi connectivity index (χ0) is 24.7. The largest absolute Gasteiger partial charge is 0.478 e. The highest BCUT2D eigenvalue weighted by Crippen LogP contribution is 2.23. The Morgan fingerprint density at radius 1 is 0.917 bits per heavy atom. The number of hydrogen-bond acceptors (Lipinski definition) is 9. The SMILES string of the molecule is O=C(O)c1ccc(-c2ccc(/C=N/Nc3nc(Nc4ccccc4)nc(N4CCCCC4)n3)o2)cc1. The maximum Gasteiger partial charge on any atom is 0.335 e. The lowest BCUT2D eigenvalue weighted by molar-refractivity contribution is 0.0697. The van der Waals surface area contributed by atoms with Crippen LogP contribution in [-0.2, 0) is 0 Å². The lowest BCUT2D eigenvalue weighted by atomic mass is 10.1. The summed E-state index contributed by atoms with van der Waals surface area (Å²) in [5, 5.41) is 16.5. The van der Waals surface area contributed by atoms with Crippen LogP contribution in [0.15, 0.2) is 76.2 Å². The molecule has 0 radical (unpaired) electrons. The van der Waals surface area contributed by atoms with Crippen molar-refractivity contribution in [1.82, 2.24) is 15.0 Å². The first-order valence-corrected chi connectivity index (χ1v) is 11.7. The monoisotopic (exact) mass is 483 g/mol. The third-order valence-electron chi connectivity index (χ3n) is 5.69. The second-order valence-corrected chi connectivity index (χ2v) is 8.28. The summed E-state index contributed by atoms with van der Waals surface area (Å²) in [7, 11) is 0. The Morgan fingerprint density at radius 2 is 1.67 bits per heavy atom. The molecule has 3 N–H and O–H groups in total. The van der Waals surface area contributed by atoms with Gasteiger partial charge in [-0.15, -0.1) is 0 Å². The molecule has 0 unspecified atom stereocenters. The van der Waals surface area contributed by atoms with Crippen molar-refractivity contribution < 1.29 is 14.3 Å². The molecule has 0 saturated carbocycles. The van der Waals surface area contributed by atoms with Gasteiger partial charge in [0, 0.05) is 24.3 Å². The smallest absolute Gasteiger partial charge is 0.335 e. The summed E-state index contributed by atoms with van der Waals surface area (Å²) in [6.07, 6.45) is 4.95. The first-order valence-electron chi connectivity index (χ1n) is 11.7. The van der Waals surface area contributed by atoms with Crippen LogP contribution in [-0.4, -0.2) is 45.3 Å². The number of nitrogens with one attached hydrogen (secondary N) is 2. The summed E-state index contributed by atoms with van der Waals surface area (Å²) < 4.78 is 5.82. The number of aromatic nitrogens is 3. The van der Waals surface area contributed by atoms with E-state index in [1.165, 1.54) is 24.8 Å². The molecule has 10 heteroatoms. The second-order valence-electron chi connectivity index (χ2n) is 8.28. The van der Waals surface area contributed by atoms with Gasteiger partial charge in [-0.05, 0) is 55.7 Å². The van der Waals surface area contributed by atoms with Gasteiger partial charge in [0.1, 0.15) is 11.5 Å². The van der Waals surface area contributed by atoms with Crippen molar-refractivity contribution in [3.05, 3.63) is 78.1 Å². The number of carbonyl (C=O) groups is 1. The molecule has 0 bridgehead atoms. The van der Waals surface area contributed by atoms with E-state index in [1.54, 1.807) is 24.3 Å². The van der Waals surface area contributed by atoms with Gasteiger partial charge >= 0.3 is 5.97 Å². The molecule has 1 fully saturated rings. The number of carboxylic acid groups (broad SMARTS) is 1. The molecule has 0 aliphatic carbocycles. The molecule has 182 valence electrons. The van der Waals surface area contributed by atoms with Gasteiger partial charge in [-0.3, -0.25) is 0 Å². The van der Waals surface area contributed by atoms with Crippen LogP contribution in [0.3, 0.4) is 0 Å². The van der Waals surface area contributed by atoms with Crippen LogP contribution in [0.4, 0.5) is 23.5 Å². The lowest BCUT2D eigenvalue weighted by Gasteiger charge is -2.26. The minimum absolute atomic E-state index is 0.221. The molecular weight excluding hydrogens is 458 g/mol. The topological polar surface area (TPSA) is 129 Å². The highest BCUT2D eigenvalue weighted by molar-refractivity contribution is 5.88. The summed E-state index contributed by atoms with van der Waals surface area (Å²) in [4.78, 5) is 26.9. The number of piperidine rings is 1. The van der Waals surface area contributed by atoms with Crippen LogP contribution in [0.25, 0.3) is 11.3 Å². The first-order chi connectivity index (χ1) is 17.6. The second kappa shape index (κ2) is 10.7. The van der Waals surface area contributed by atoms with E-state index in [0.29, 0.717) is 29.4 Å². The molecule has 4 aromatic rings. The number of para-hydroxylation sites is 1. The fourth-order valence-electron chi connectivity index (χ4n) is 3.86. The standard InChI is InChI=1S/C26H25N7O3/c34-23(35)19-11-9-18(10-12-19)22-14-13-21(36-22)17-27-32-25-29-24(28-20-7-3-1-4-8-20)30-26(31-25)33-15-5-2-6-16-33/h1,3-4,7-14,17H,2,5-6,15-16H2,(H,34,35)(H2,28,29,30,31,32)/b27-17+. The number of anilines is 4. The molecule has 1 aliphatic heterocycles. The molecule has 1 saturated heterocycles. The maximum atomic E-state index is 11.0. The van der Waals surface area contributed by atoms with E-state index in [4.69, 9.17) is 9.52 Å². The van der Waals surface area contributed by atoms with Crippen LogP contribution >= 0.6 is 0 Å². The van der Waals surface area contributed by atoms with Crippen molar-refractivity contribution in [2.75, 3.05) is 28.7 Å². The Balaban J connectivity index is 1.31. The quantitative estimate of drug-likeness (QED) is 0.234. The molecule has 0 atom stereocenters. The number of benzene rings is 2. The first kappa shape index (κ1) is 23.0. The van der Waals surface area contributed by atoms with Crippen molar-refractivity contribution in [3.8, 4) is 11.3 Å². The molecule has 1 aliphatic rings. The number of hydrogen-bond donors (Lipinski definition) is 3. The Bertz CT molecular complexity index is 1350. The molecule has 36 heavy (non-hydrogen) atoms. The summed E-state index contributed by atoms with van der Waals surface area (Å²) in [6, 6.07) is 19.8. The van der Waals surface area contributed by atoms with Gasteiger partial charge in [0.05, 0.1) is 11.8 Å². The van der Waals surface area contributed by atoms with Crippen LogP contribution < -0.4 is 15.6 Å². The number of aromatic carboxylic acids is 1. The number of furan rings is 1. The van der Waals surface area contributed by atoms with Crippen molar-refractivity contribution in [2.45, 2.75) is 19.3 Å². The van der Waals surface area contributed by atoms with Crippen molar-refractivity contribution in [2.24, 2.45) is 5.10 Å². The molecule has 10 nitrogen and oxygen atoms in total. The molecule has 3 heterocycles. The van der Waals surface area contributed by atoms with Crippen molar-refractivity contribution in [3.63, 3.8) is 0 Å². The van der Waals surface area contributed by atoms with E-state index < -0.39 is 5.97 Å². The third kappa shape index (κ3) is 5.66. The molecule has 2 aromatic carbocycles. The highest BCUT2D eigenvalue weighted by atomic mass is 16.4. The van der Waals surface area contributed by atoms with Crippen LogP contribution in [0.1, 0.15) is 35.4 Å². The number of nitrogens with zero attached hydrogens (tertiary/aromatic N) is 5. The van der Waals surface area contributed by atoms with E-state index in [0.717, 1.165) is 37.2 Å². The van der Waals surface area contributed by atoms with Crippen LogP contribution in [0.2, 0.25) is 0 Å². The number of rotatable bonds is 8. The van der Waals surface area contributed by atoms with E-state index in [-0.39, 0.29) is 5.56 Å². The molecule has 5 rings (SSSR count). The Kier molecular flexibility index (Phi) is 6.83. The van der Waals surface area contributed by atoms with Crippen LogP contribution in [0.5, 0.6) is 0 Å². The molecule has 2 aromatic heterocycles. The van der Waals surface area contributed by atoms with Crippen molar-refractivity contribution in [1.29, 1.82) is 0 Å². The Hall–Kier alpha value is -4.73. The van der Waals surface area contributed by atoms with Crippen molar-refractivity contribution >= 4 is 35.7 Å². The van der Waals surface area contributed by atoms with Gasteiger partial charge in [0.2, 0.25) is 17.8 Å². The predicted octanol–water partition coefficient (Wildman–Crippen LogP) is 5.01. The predicted molar refractivity (Wildman–Crippen MR) is 138 cm³/mol. The summed E-state index contributed by atoms with van der Waals surface area (Å²) >= 11 is 0. The summed E-state index contributed by atoms with van der Waals surface area (Å²) in [5.41, 5.74) is 4.75. The van der Waals surface area contributed by atoms with E-state index >= 15 is 0 Å². The Labute approximate surface area is 207 Å². The summed E-state index contributed by atoms with van der Waals surface area (Å²) in [6.45, 7) is 1.81. The molecular formula is C26H25N7O3. The molecule has 0 spiro atoms. The van der Waals surface area contributed by atoms with Gasteiger partial charge in [-0.2, -0.15) is 20.1 Å². The minimum atomic E-state index is -0.969. The molecule has 0 amide bonds. The fraction of sp³-hybridized carbons (Fsp3) is 0.192. The van der Waals surface area contributed by atoms with Gasteiger partial charge in [-0.1, -0.05) is 30.3 Å². The lowest BCUT2D eigenvalue weighted by Crippen LogP contribution is -2.31. The summed E-state index contributed by atoms with van der Waals surface area (Å²) in [5.74, 6) is 1.51. The van der Waals surface area contributed by atoms with Crippen LogP contribution in [0, 0.1) is 0 Å². The van der Waals surface area contributed by atoms with E-state index in [1.807, 2.05) is 30.3 Å². The minimum Gasteiger partial charge on any atom is -0.478 e. The highest BCUT2D eigenvalue weighted by Gasteiger charge is 2.16. The zero-order valence-corrected chi connectivity index (χ0v) is 19.5. The zero-order valence-electron chi connectivity index (χ0n) is 19.5. The van der Waals surface area contributed by atoms with E-state index in [2.05, 4.69) is 35.7 Å². The van der Waals surface area contributed by atoms with Gasteiger partial charge in [0.25, 0.3) is 0 Å². The fourth-order valence-corrected chi connectivity index (χ4v) is 3.86. The average molecular weight is 484 g/mol. The van der Waals surface area contributed by atoms with Gasteiger partial charge in [-0.25, -0.2) is 10.2 Å². The Morgan fingerprint density at radius 3 is 2.42 bits per heavy atom. The third-order valence-corrected chi connectivity index (χ3v) is 5.69. The van der Waals surface area contributed by atoms with Gasteiger partial charge in [0.15, 0.2) is 0 Å². The normalized spacial score (nSPS) is 13.6. The number of hydrazone groups is 1. The average Bonchev–Trinajstić information content (AvgIpc) is 3.39.